The molecule has 2 aromatic heterocycles. The highest BCUT2D eigenvalue weighted by Gasteiger charge is 2.27. The second-order valence-electron chi connectivity index (χ2n) is 7.93. The lowest BCUT2D eigenvalue weighted by atomic mass is 10.1. The van der Waals surface area contributed by atoms with Gasteiger partial charge in [0, 0.05) is 40.9 Å². The Labute approximate surface area is 207 Å². The number of hydrogen-bond acceptors (Lipinski definition) is 6. The summed E-state index contributed by atoms with van der Waals surface area (Å²) in [5.74, 6) is 5.51. The number of rotatable bonds is 9. The van der Waals surface area contributed by atoms with E-state index in [0.29, 0.717) is 31.0 Å². The van der Waals surface area contributed by atoms with Crippen molar-refractivity contribution in [2.24, 2.45) is 0 Å². The zero-order valence-electron chi connectivity index (χ0n) is 18.7. The van der Waals surface area contributed by atoms with Crippen molar-refractivity contribution in [3.63, 3.8) is 0 Å². The molecule has 176 valence electrons. The number of unbranched alkanes of at least 4 members (excludes halogenated alkanes) is 1. The fraction of sp³-hybridized carbons (Fsp3) is 0.308. The molecule has 3 heterocycles. The van der Waals surface area contributed by atoms with E-state index in [-0.39, 0.29) is 6.09 Å². The molecule has 1 aliphatic rings. The first kappa shape index (κ1) is 24.0. The second-order valence-corrected chi connectivity index (χ2v) is 9.88. The van der Waals surface area contributed by atoms with Gasteiger partial charge in [-0.25, -0.2) is 19.6 Å². The molecule has 1 N–H and O–H groups in total. The Bertz CT molecular complexity index is 1180. The van der Waals surface area contributed by atoms with Crippen LogP contribution in [-0.4, -0.2) is 53.4 Å². The Balaban J connectivity index is 1.26. The van der Waals surface area contributed by atoms with E-state index in [1.165, 1.54) is 16.9 Å². The molecule has 4 rings (SSSR count). The number of thiophene rings is 2. The summed E-state index contributed by atoms with van der Waals surface area (Å²) in [5.41, 5.74) is 3.33. The molecule has 8 heteroatoms. The third-order valence-electron chi connectivity index (χ3n) is 5.50. The Morgan fingerprint density at radius 3 is 2.74 bits per heavy atom. The Morgan fingerprint density at radius 1 is 1.06 bits per heavy atom. The molecular formula is C26H26N2O4S2. The minimum atomic E-state index is -0.921. The minimum Gasteiger partial charge on any atom is -0.477 e. The molecule has 34 heavy (non-hydrogen) atoms. The number of carboxylic acid groups (broad SMARTS) is 1. The van der Waals surface area contributed by atoms with Crippen LogP contribution in [0.25, 0.3) is 0 Å². The summed E-state index contributed by atoms with van der Waals surface area (Å²) in [6.45, 7) is 2.31. The van der Waals surface area contributed by atoms with E-state index in [0.717, 1.165) is 41.8 Å². The topological polar surface area (TPSA) is 70.1 Å². The van der Waals surface area contributed by atoms with Gasteiger partial charge >= 0.3 is 12.1 Å². The molecule has 6 nitrogen and oxygen atoms in total. The molecule has 1 fully saturated rings. The van der Waals surface area contributed by atoms with Crippen molar-refractivity contribution in [1.82, 2.24) is 10.0 Å². The summed E-state index contributed by atoms with van der Waals surface area (Å²) in [4.78, 5) is 24.7. The molecule has 0 spiro atoms. The standard InChI is InChI=1S/C26H26N2O4S2/c29-25(30)24-10-9-23(34-24)11-14-28-26(31)32-16-15-27(28)13-2-1-4-20-5-3-6-21(18-20)7-8-22-12-17-33-19-22/h3,5-6,9-10,12,17-19H,1-2,4,11,13-16H2,(H,29,30). The Kier molecular flexibility index (Phi) is 8.36. The van der Waals surface area contributed by atoms with Gasteiger partial charge in [-0.2, -0.15) is 11.3 Å². The van der Waals surface area contributed by atoms with Gasteiger partial charge in [-0.1, -0.05) is 24.0 Å². The van der Waals surface area contributed by atoms with Crippen LogP contribution in [0.2, 0.25) is 0 Å². The van der Waals surface area contributed by atoms with Crippen LogP contribution < -0.4 is 0 Å². The highest BCUT2D eigenvalue weighted by Crippen LogP contribution is 2.19. The van der Waals surface area contributed by atoms with Gasteiger partial charge in [-0.05, 0) is 60.5 Å². The van der Waals surface area contributed by atoms with Gasteiger partial charge in [0.05, 0.1) is 6.54 Å². The van der Waals surface area contributed by atoms with E-state index in [4.69, 9.17) is 9.84 Å². The molecule has 0 bridgehead atoms. The van der Waals surface area contributed by atoms with Gasteiger partial charge in [0.15, 0.2) is 0 Å². The lowest BCUT2D eigenvalue weighted by molar-refractivity contribution is -0.0680. The van der Waals surface area contributed by atoms with E-state index in [1.54, 1.807) is 22.4 Å². The number of carbonyl (C=O) groups excluding carboxylic acids is 1. The lowest BCUT2D eigenvalue weighted by Crippen LogP contribution is -2.53. The molecule has 0 aliphatic carbocycles. The molecule has 0 atom stereocenters. The smallest absolute Gasteiger partial charge is 0.424 e. The van der Waals surface area contributed by atoms with Gasteiger partial charge in [0.2, 0.25) is 0 Å². The van der Waals surface area contributed by atoms with Crippen molar-refractivity contribution in [2.45, 2.75) is 25.7 Å². The van der Waals surface area contributed by atoms with Crippen molar-refractivity contribution in [2.75, 3.05) is 26.2 Å². The summed E-state index contributed by atoms with van der Waals surface area (Å²) in [6.07, 6.45) is 3.19. The normalized spacial score (nSPS) is 13.9. The molecular weight excluding hydrogens is 468 g/mol. The maximum absolute atomic E-state index is 12.3. The molecule has 1 amide bonds. The van der Waals surface area contributed by atoms with Crippen LogP contribution in [0.5, 0.6) is 0 Å². The number of carbonyl (C=O) groups is 2. The number of benzene rings is 1. The Hall–Kier alpha value is -3.12. The first-order valence-corrected chi connectivity index (χ1v) is 13.0. The number of aromatic carboxylic acids is 1. The summed E-state index contributed by atoms with van der Waals surface area (Å²) in [6, 6.07) is 13.8. The largest absolute Gasteiger partial charge is 0.477 e. The van der Waals surface area contributed by atoms with E-state index >= 15 is 0 Å². The molecule has 0 saturated carbocycles. The minimum absolute atomic E-state index is 0.314. The van der Waals surface area contributed by atoms with Gasteiger partial charge in [-0.15, -0.1) is 11.3 Å². The zero-order valence-corrected chi connectivity index (χ0v) is 20.4. The summed E-state index contributed by atoms with van der Waals surface area (Å²) >= 11 is 2.90. The fourth-order valence-electron chi connectivity index (χ4n) is 3.77. The van der Waals surface area contributed by atoms with E-state index in [1.807, 2.05) is 29.0 Å². The predicted molar refractivity (Wildman–Crippen MR) is 134 cm³/mol. The van der Waals surface area contributed by atoms with Crippen LogP contribution in [0, 0.1) is 11.8 Å². The average Bonchev–Trinajstić information content (AvgIpc) is 3.53. The highest BCUT2D eigenvalue weighted by atomic mass is 32.1. The van der Waals surface area contributed by atoms with E-state index < -0.39 is 5.97 Å². The van der Waals surface area contributed by atoms with Crippen molar-refractivity contribution >= 4 is 34.7 Å². The van der Waals surface area contributed by atoms with Crippen molar-refractivity contribution < 1.29 is 19.4 Å². The number of aryl methyl sites for hydroxylation is 1. The molecule has 0 unspecified atom stereocenters. The SMILES string of the molecule is O=C(O)c1ccc(CCN2C(=O)OCCN2CCCCc2cccc(C#Cc3ccsc3)c2)s1. The van der Waals surface area contributed by atoms with Crippen LogP contribution in [0.1, 0.15) is 44.1 Å². The number of nitrogens with zero attached hydrogens (tertiary/aromatic N) is 2. The molecule has 1 aromatic carbocycles. The van der Waals surface area contributed by atoms with Crippen LogP contribution in [0.3, 0.4) is 0 Å². The van der Waals surface area contributed by atoms with Gasteiger partial charge in [0.1, 0.15) is 11.5 Å². The summed E-state index contributed by atoms with van der Waals surface area (Å²) in [5, 5.41) is 16.9. The molecule has 1 aliphatic heterocycles. The fourth-order valence-corrected chi connectivity index (χ4v) is 5.19. The van der Waals surface area contributed by atoms with Crippen LogP contribution in [0.15, 0.2) is 53.2 Å². The zero-order chi connectivity index (χ0) is 23.8. The first-order valence-electron chi connectivity index (χ1n) is 11.2. The van der Waals surface area contributed by atoms with E-state index in [9.17, 15) is 9.59 Å². The number of cyclic esters (lactones) is 1. The average molecular weight is 495 g/mol. The van der Waals surface area contributed by atoms with Crippen molar-refractivity contribution in [3.8, 4) is 11.8 Å². The van der Waals surface area contributed by atoms with Crippen LogP contribution in [0.4, 0.5) is 4.79 Å². The third-order valence-corrected chi connectivity index (χ3v) is 7.32. The molecule has 0 radical (unpaired) electrons. The third kappa shape index (κ3) is 6.70. The molecule has 1 saturated heterocycles. The summed E-state index contributed by atoms with van der Waals surface area (Å²) in [7, 11) is 0. The van der Waals surface area contributed by atoms with Crippen LogP contribution in [-0.2, 0) is 17.6 Å². The van der Waals surface area contributed by atoms with Crippen molar-refractivity contribution in [3.05, 3.63) is 79.7 Å². The monoisotopic (exact) mass is 494 g/mol. The summed E-state index contributed by atoms with van der Waals surface area (Å²) < 4.78 is 5.23. The first-order chi connectivity index (χ1) is 16.6. The lowest BCUT2D eigenvalue weighted by Gasteiger charge is -2.37. The molecule has 3 aromatic rings. The van der Waals surface area contributed by atoms with Gasteiger partial charge in [0.25, 0.3) is 0 Å². The van der Waals surface area contributed by atoms with Crippen LogP contribution >= 0.6 is 22.7 Å². The second kappa shape index (κ2) is 11.8. The number of amides is 1. The van der Waals surface area contributed by atoms with E-state index in [2.05, 4.69) is 35.0 Å². The maximum atomic E-state index is 12.3. The predicted octanol–water partition coefficient (Wildman–Crippen LogP) is 5.14. The number of carboxylic acids is 1. The van der Waals surface area contributed by atoms with Crippen molar-refractivity contribution in [1.29, 1.82) is 0 Å². The quantitative estimate of drug-likeness (QED) is 0.329. The Morgan fingerprint density at radius 2 is 1.94 bits per heavy atom. The van der Waals surface area contributed by atoms with Gasteiger partial charge in [-0.3, -0.25) is 0 Å². The number of ether oxygens (including phenoxy) is 1. The maximum Gasteiger partial charge on any atom is 0.424 e. The van der Waals surface area contributed by atoms with Gasteiger partial charge < -0.3 is 9.84 Å². The number of hydrogen-bond donors (Lipinski definition) is 1. The highest BCUT2D eigenvalue weighted by molar-refractivity contribution is 7.13. The number of hydrazine groups is 1.